The molecule has 1 N–H and O–H groups in total. The first-order valence-corrected chi connectivity index (χ1v) is 7.64. The largest absolute Gasteiger partial charge is 0.388 e. The summed E-state index contributed by atoms with van der Waals surface area (Å²) in [5, 5.41) is 11.3. The van der Waals surface area contributed by atoms with E-state index >= 15 is 0 Å². The van der Waals surface area contributed by atoms with E-state index in [0.29, 0.717) is 5.92 Å². The fourth-order valence-electron chi connectivity index (χ4n) is 3.64. The second kappa shape index (κ2) is 5.43. The molecule has 2 atom stereocenters. The first-order valence-electron chi connectivity index (χ1n) is 7.26. The predicted octanol–water partition coefficient (Wildman–Crippen LogP) is 4.11. The van der Waals surface area contributed by atoms with E-state index < -0.39 is 6.10 Å². The van der Waals surface area contributed by atoms with Gasteiger partial charge in [-0.2, -0.15) is 0 Å². The minimum Gasteiger partial charge on any atom is -0.388 e. The Hall–Kier alpha value is -0.570. The van der Waals surface area contributed by atoms with Gasteiger partial charge in [-0.25, -0.2) is 0 Å². The standard InChI is InChI=1S/C16H21ClO2/c17-14-5-3-12(4-6-14)15(18)13-7-10-19-16(11-13)8-1-2-9-16/h3-6,13,15,18H,1-2,7-11H2. The Bertz CT molecular complexity index is 423. The van der Waals surface area contributed by atoms with Gasteiger partial charge < -0.3 is 9.84 Å². The molecule has 2 nitrogen and oxygen atoms in total. The number of rotatable bonds is 2. The van der Waals surface area contributed by atoms with Crippen molar-refractivity contribution in [2.24, 2.45) is 5.92 Å². The van der Waals surface area contributed by atoms with Crippen LogP contribution in [-0.4, -0.2) is 17.3 Å². The van der Waals surface area contributed by atoms with Gasteiger partial charge >= 0.3 is 0 Å². The van der Waals surface area contributed by atoms with Crippen molar-refractivity contribution >= 4 is 11.6 Å². The minimum atomic E-state index is -0.390. The van der Waals surface area contributed by atoms with Crippen LogP contribution in [0.2, 0.25) is 5.02 Å². The quantitative estimate of drug-likeness (QED) is 0.883. The van der Waals surface area contributed by atoms with Crippen molar-refractivity contribution in [3.05, 3.63) is 34.9 Å². The first kappa shape index (κ1) is 13.4. The van der Waals surface area contributed by atoms with E-state index in [1.807, 2.05) is 24.3 Å². The topological polar surface area (TPSA) is 29.5 Å². The van der Waals surface area contributed by atoms with E-state index in [1.165, 1.54) is 12.8 Å². The highest BCUT2D eigenvalue weighted by Gasteiger charge is 2.41. The van der Waals surface area contributed by atoms with Crippen LogP contribution in [0, 0.1) is 5.92 Å². The number of hydrogen-bond acceptors (Lipinski definition) is 2. The lowest BCUT2D eigenvalue weighted by Crippen LogP contribution is -2.39. The van der Waals surface area contributed by atoms with Gasteiger partial charge in [0.2, 0.25) is 0 Å². The number of halogens is 1. The van der Waals surface area contributed by atoms with Crippen molar-refractivity contribution in [2.45, 2.75) is 50.2 Å². The summed E-state index contributed by atoms with van der Waals surface area (Å²) in [5.41, 5.74) is 1.04. The molecule has 1 heterocycles. The van der Waals surface area contributed by atoms with Gasteiger partial charge in [-0.3, -0.25) is 0 Å². The summed E-state index contributed by atoms with van der Waals surface area (Å²) in [6, 6.07) is 7.57. The Morgan fingerprint density at radius 1 is 1.21 bits per heavy atom. The third-order valence-corrected chi connectivity index (χ3v) is 4.96. The molecule has 2 unspecified atom stereocenters. The summed E-state index contributed by atoms with van der Waals surface area (Å²) in [7, 11) is 0. The van der Waals surface area contributed by atoms with Crippen molar-refractivity contribution in [3.8, 4) is 0 Å². The third kappa shape index (κ3) is 2.81. The van der Waals surface area contributed by atoms with E-state index in [1.54, 1.807) is 0 Å². The van der Waals surface area contributed by atoms with Crippen LogP contribution in [-0.2, 0) is 4.74 Å². The molecule has 2 aliphatic rings. The molecule has 1 aromatic rings. The Kier molecular flexibility index (Phi) is 3.84. The first-order chi connectivity index (χ1) is 9.19. The molecule has 1 aliphatic heterocycles. The highest BCUT2D eigenvalue weighted by molar-refractivity contribution is 6.30. The van der Waals surface area contributed by atoms with Gasteiger partial charge in [0.15, 0.2) is 0 Å². The molecule has 104 valence electrons. The molecule has 0 aromatic heterocycles. The van der Waals surface area contributed by atoms with Crippen molar-refractivity contribution < 1.29 is 9.84 Å². The molecule has 1 saturated carbocycles. The number of ether oxygens (including phenoxy) is 1. The Morgan fingerprint density at radius 3 is 2.58 bits per heavy atom. The van der Waals surface area contributed by atoms with E-state index in [0.717, 1.165) is 42.9 Å². The molecule has 0 radical (unpaired) electrons. The van der Waals surface area contributed by atoms with Crippen LogP contribution in [0.4, 0.5) is 0 Å². The molecule has 1 aromatic carbocycles. The van der Waals surface area contributed by atoms with Crippen molar-refractivity contribution in [1.29, 1.82) is 0 Å². The summed E-state index contributed by atoms with van der Waals surface area (Å²) < 4.78 is 6.03. The van der Waals surface area contributed by atoms with E-state index in [-0.39, 0.29) is 5.60 Å². The summed E-state index contributed by atoms with van der Waals surface area (Å²) in [5.74, 6) is 0.313. The molecule has 1 spiro atoms. The maximum atomic E-state index is 10.6. The molecule has 2 fully saturated rings. The van der Waals surface area contributed by atoms with Gasteiger partial charge in [0.1, 0.15) is 0 Å². The molecule has 1 saturated heterocycles. The lowest BCUT2D eigenvalue weighted by atomic mass is 9.80. The van der Waals surface area contributed by atoms with Crippen LogP contribution >= 0.6 is 11.6 Å². The van der Waals surface area contributed by atoms with Crippen LogP contribution in [0.15, 0.2) is 24.3 Å². The summed E-state index contributed by atoms with van der Waals surface area (Å²) in [6.45, 7) is 0.787. The number of benzene rings is 1. The summed E-state index contributed by atoms with van der Waals surface area (Å²) >= 11 is 5.90. The molecule has 0 amide bonds. The van der Waals surface area contributed by atoms with E-state index in [2.05, 4.69) is 0 Å². The molecular formula is C16H21ClO2. The normalized spacial score (nSPS) is 27.6. The second-order valence-electron chi connectivity index (χ2n) is 5.99. The number of hydrogen-bond donors (Lipinski definition) is 1. The highest BCUT2D eigenvalue weighted by Crippen LogP contribution is 2.45. The minimum absolute atomic E-state index is 0.0658. The lowest BCUT2D eigenvalue weighted by molar-refractivity contribution is -0.113. The van der Waals surface area contributed by atoms with E-state index in [9.17, 15) is 5.11 Å². The Labute approximate surface area is 119 Å². The van der Waals surface area contributed by atoms with Gasteiger partial charge in [0, 0.05) is 11.6 Å². The summed E-state index contributed by atoms with van der Waals surface area (Å²) in [4.78, 5) is 0. The zero-order valence-electron chi connectivity index (χ0n) is 11.1. The number of aliphatic hydroxyl groups is 1. The average molecular weight is 281 g/mol. The van der Waals surface area contributed by atoms with Gasteiger partial charge in [-0.15, -0.1) is 0 Å². The molecule has 3 rings (SSSR count). The smallest absolute Gasteiger partial charge is 0.0820 e. The molecular weight excluding hydrogens is 260 g/mol. The van der Waals surface area contributed by atoms with Crippen molar-refractivity contribution in [3.63, 3.8) is 0 Å². The van der Waals surface area contributed by atoms with Gasteiger partial charge in [-0.05, 0) is 49.3 Å². The van der Waals surface area contributed by atoms with Gasteiger partial charge in [0.05, 0.1) is 11.7 Å². The fourth-order valence-corrected chi connectivity index (χ4v) is 3.76. The summed E-state index contributed by atoms with van der Waals surface area (Å²) in [6.07, 6.45) is 6.42. The van der Waals surface area contributed by atoms with Crippen LogP contribution in [0.25, 0.3) is 0 Å². The fraction of sp³-hybridized carbons (Fsp3) is 0.625. The number of aliphatic hydroxyl groups excluding tert-OH is 1. The van der Waals surface area contributed by atoms with E-state index in [4.69, 9.17) is 16.3 Å². The van der Waals surface area contributed by atoms with Crippen LogP contribution in [0.1, 0.15) is 50.2 Å². The van der Waals surface area contributed by atoms with Crippen molar-refractivity contribution in [1.82, 2.24) is 0 Å². The molecule has 3 heteroatoms. The van der Waals surface area contributed by atoms with Gasteiger partial charge in [-0.1, -0.05) is 36.6 Å². The van der Waals surface area contributed by atoms with Gasteiger partial charge in [0.25, 0.3) is 0 Å². The third-order valence-electron chi connectivity index (χ3n) is 4.70. The average Bonchev–Trinajstić information content (AvgIpc) is 2.87. The van der Waals surface area contributed by atoms with Crippen LogP contribution in [0.3, 0.4) is 0 Å². The van der Waals surface area contributed by atoms with Crippen molar-refractivity contribution in [2.75, 3.05) is 6.61 Å². The molecule has 19 heavy (non-hydrogen) atoms. The highest BCUT2D eigenvalue weighted by atomic mass is 35.5. The Morgan fingerprint density at radius 2 is 1.89 bits per heavy atom. The monoisotopic (exact) mass is 280 g/mol. The Balaban J connectivity index is 1.72. The second-order valence-corrected chi connectivity index (χ2v) is 6.42. The predicted molar refractivity (Wildman–Crippen MR) is 76.3 cm³/mol. The lowest BCUT2D eigenvalue weighted by Gasteiger charge is -2.40. The molecule has 1 aliphatic carbocycles. The maximum absolute atomic E-state index is 10.6. The van der Waals surface area contributed by atoms with Crippen LogP contribution < -0.4 is 0 Å². The molecule has 0 bridgehead atoms. The zero-order valence-corrected chi connectivity index (χ0v) is 11.9. The van der Waals surface area contributed by atoms with Crippen LogP contribution in [0.5, 0.6) is 0 Å². The zero-order chi connectivity index (χ0) is 13.3. The SMILES string of the molecule is OC(c1ccc(Cl)cc1)C1CCOC2(CCCC2)C1. The maximum Gasteiger partial charge on any atom is 0.0820 e.